The first-order valence-corrected chi connectivity index (χ1v) is 9.11. The monoisotopic (exact) mass is 382 g/mol. The molecule has 1 fully saturated rings. The van der Waals surface area contributed by atoms with Gasteiger partial charge in [0.25, 0.3) is 11.8 Å². The summed E-state index contributed by atoms with van der Waals surface area (Å²) in [4.78, 5) is 26.2. The van der Waals surface area contributed by atoms with Crippen LogP contribution >= 0.6 is 0 Å². The van der Waals surface area contributed by atoms with Gasteiger partial charge in [0.05, 0.1) is 11.4 Å². The molecule has 0 unspecified atom stereocenters. The molecule has 0 atom stereocenters. The quantitative estimate of drug-likeness (QED) is 0.540. The Morgan fingerprint density at radius 2 is 1.14 bits per heavy atom. The first-order valence-electron chi connectivity index (χ1n) is 9.11. The van der Waals surface area contributed by atoms with Crippen molar-refractivity contribution in [2.24, 2.45) is 0 Å². The van der Waals surface area contributed by atoms with Crippen molar-refractivity contribution in [1.29, 1.82) is 0 Å². The molecule has 1 heterocycles. The van der Waals surface area contributed by atoms with Gasteiger partial charge < -0.3 is 5.11 Å². The number of allylic oxidation sites excluding steroid dienone is 2. The number of para-hydroxylation sites is 2. The van der Waals surface area contributed by atoms with Gasteiger partial charge in [0.2, 0.25) is 0 Å². The minimum atomic E-state index is -0.389. The molecule has 4 rings (SSSR count). The molecule has 0 spiro atoms. The van der Waals surface area contributed by atoms with Crippen LogP contribution < -0.4 is 10.0 Å². The number of carbonyl (C=O) groups excluding carboxylic acids is 2. The SMILES string of the molecule is O=C1C(=C/C=C/c2ccc(O)cc2)C(=O)N(c2ccccc2)N1c1ccccc1. The van der Waals surface area contributed by atoms with E-state index in [1.54, 1.807) is 60.7 Å². The van der Waals surface area contributed by atoms with Crippen LogP contribution in [0.1, 0.15) is 5.56 Å². The average molecular weight is 382 g/mol. The summed E-state index contributed by atoms with van der Waals surface area (Å²) >= 11 is 0. The van der Waals surface area contributed by atoms with Crippen molar-refractivity contribution in [1.82, 2.24) is 0 Å². The summed E-state index contributed by atoms with van der Waals surface area (Å²) in [5.41, 5.74) is 2.14. The molecule has 1 aliphatic rings. The lowest BCUT2D eigenvalue weighted by molar-refractivity contribution is -0.116. The summed E-state index contributed by atoms with van der Waals surface area (Å²) < 4.78 is 0. The average Bonchev–Trinajstić information content (AvgIpc) is 3.01. The molecule has 0 aromatic heterocycles. The number of phenolic OH excluding ortho intramolecular Hbond substituents is 1. The Morgan fingerprint density at radius 1 is 0.655 bits per heavy atom. The van der Waals surface area contributed by atoms with Gasteiger partial charge in [-0.25, -0.2) is 10.0 Å². The Morgan fingerprint density at radius 3 is 1.62 bits per heavy atom. The van der Waals surface area contributed by atoms with E-state index in [2.05, 4.69) is 0 Å². The van der Waals surface area contributed by atoms with E-state index < -0.39 is 0 Å². The maximum absolute atomic E-state index is 13.1. The van der Waals surface area contributed by atoms with E-state index in [4.69, 9.17) is 0 Å². The van der Waals surface area contributed by atoms with E-state index >= 15 is 0 Å². The molecule has 3 aromatic rings. The largest absolute Gasteiger partial charge is 0.508 e. The van der Waals surface area contributed by atoms with Crippen molar-refractivity contribution in [2.75, 3.05) is 10.0 Å². The minimum Gasteiger partial charge on any atom is -0.508 e. The lowest BCUT2D eigenvalue weighted by Gasteiger charge is -2.27. The molecule has 0 radical (unpaired) electrons. The van der Waals surface area contributed by atoms with Crippen molar-refractivity contribution in [3.8, 4) is 5.75 Å². The number of phenols is 1. The molecule has 0 bridgehead atoms. The van der Waals surface area contributed by atoms with Crippen LogP contribution in [-0.2, 0) is 9.59 Å². The van der Waals surface area contributed by atoms with Gasteiger partial charge in [-0.05, 0) is 48.0 Å². The summed E-state index contributed by atoms with van der Waals surface area (Å²) in [6.07, 6.45) is 4.95. The van der Waals surface area contributed by atoms with E-state index in [1.165, 1.54) is 16.1 Å². The van der Waals surface area contributed by atoms with Gasteiger partial charge >= 0.3 is 0 Å². The molecular weight excluding hydrogens is 364 g/mol. The summed E-state index contributed by atoms with van der Waals surface area (Å²) in [6, 6.07) is 24.8. The van der Waals surface area contributed by atoms with Gasteiger partial charge in [-0.3, -0.25) is 9.59 Å². The second-order valence-electron chi connectivity index (χ2n) is 6.44. The Bertz CT molecular complexity index is 1030. The fourth-order valence-electron chi connectivity index (χ4n) is 3.09. The summed E-state index contributed by atoms with van der Waals surface area (Å²) in [6.45, 7) is 0. The third kappa shape index (κ3) is 3.66. The lowest BCUT2D eigenvalue weighted by Crippen LogP contribution is -2.41. The topological polar surface area (TPSA) is 60.9 Å². The van der Waals surface area contributed by atoms with E-state index in [0.29, 0.717) is 11.4 Å². The van der Waals surface area contributed by atoms with Gasteiger partial charge in [-0.1, -0.05) is 60.7 Å². The number of nitrogens with zero attached hydrogens (tertiary/aromatic N) is 2. The number of hydrogen-bond acceptors (Lipinski definition) is 3. The molecule has 0 saturated carbocycles. The molecule has 3 aromatic carbocycles. The third-order valence-electron chi connectivity index (χ3n) is 4.49. The first-order chi connectivity index (χ1) is 14.1. The fraction of sp³-hybridized carbons (Fsp3) is 0. The number of hydrogen-bond donors (Lipinski definition) is 1. The number of rotatable bonds is 4. The fourth-order valence-corrected chi connectivity index (χ4v) is 3.09. The van der Waals surface area contributed by atoms with Crippen LogP contribution in [0.3, 0.4) is 0 Å². The molecule has 2 amide bonds. The smallest absolute Gasteiger partial charge is 0.283 e. The minimum absolute atomic E-state index is 0.0766. The summed E-state index contributed by atoms with van der Waals surface area (Å²) in [5, 5.41) is 12.1. The van der Waals surface area contributed by atoms with E-state index in [9.17, 15) is 14.7 Å². The van der Waals surface area contributed by atoms with Crippen LogP contribution in [-0.4, -0.2) is 16.9 Å². The van der Waals surface area contributed by atoms with Crippen LogP contribution in [0, 0.1) is 0 Å². The van der Waals surface area contributed by atoms with E-state index in [-0.39, 0.29) is 23.1 Å². The van der Waals surface area contributed by atoms with Crippen molar-refractivity contribution in [3.05, 3.63) is 108 Å². The summed E-state index contributed by atoms with van der Waals surface area (Å²) in [7, 11) is 0. The third-order valence-corrected chi connectivity index (χ3v) is 4.49. The van der Waals surface area contributed by atoms with E-state index in [0.717, 1.165) is 5.56 Å². The number of hydrazine groups is 1. The van der Waals surface area contributed by atoms with Crippen molar-refractivity contribution in [3.63, 3.8) is 0 Å². The molecule has 1 aliphatic heterocycles. The summed E-state index contributed by atoms with van der Waals surface area (Å²) in [5.74, 6) is -0.598. The maximum Gasteiger partial charge on any atom is 0.283 e. The van der Waals surface area contributed by atoms with Gasteiger partial charge in [0.15, 0.2) is 0 Å². The molecular formula is C24H18N2O3. The second-order valence-corrected chi connectivity index (χ2v) is 6.44. The van der Waals surface area contributed by atoms with E-state index in [1.807, 2.05) is 36.4 Å². The highest BCUT2D eigenvalue weighted by Gasteiger charge is 2.42. The molecule has 5 heteroatoms. The Balaban J connectivity index is 1.71. The molecule has 5 nitrogen and oxygen atoms in total. The number of aromatic hydroxyl groups is 1. The number of amides is 2. The molecule has 1 N–H and O–H groups in total. The highest BCUT2D eigenvalue weighted by Crippen LogP contribution is 2.31. The highest BCUT2D eigenvalue weighted by molar-refractivity contribution is 6.36. The first kappa shape index (κ1) is 18.3. The van der Waals surface area contributed by atoms with Crippen LogP contribution in [0.5, 0.6) is 5.75 Å². The predicted octanol–water partition coefficient (Wildman–Crippen LogP) is 4.33. The lowest BCUT2D eigenvalue weighted by atomic mass is 10.1. The molecule has 1 saturated heterocycles. The zero-order valence-corrected chi connectivity index (χ0v) is 15.5. The zero-order valence-electron chi connectivity index (χ0n) is 15.5. The van der Waals surface area contributed by atoms with Crippen LogP contribution in [0.15, 0.2) is 103 Å². The van der Waals surface area contributed by atoms with Gasteiger partial charge in [0, 0.05) is 0 Å². The Labute approximate surface area is 168 Å². The number of carbonyl (C=O) groups is 2. The van der Waals surface area contributed by atoms with Gasteiger partial charge in [-0.15, -0.1) is 0 Å². The van der Waals surface area contributed by atoms with Crippen LogP contribution in [0.4, 0.5) is 11.4 Å². The van der Waals surface area contributed by atoms with Crippen molar-refractivity contribution < 1.29 is 14.7 Å². The van der Waals surface area contributed by atoms with Crippen molar-refractivity contribution >= 4 is 29.3 Å². The molecule has 29 heavy (non-hydrogen) atoms. The second kappa shape index (κ2) is 7.86. The van der Waals surface area contributed by atoms with Crippen molar-refractivity contribution in [2.45, 2.75) is 0 Å². The standard InChI is InChI=1S/C24H18N2O3/c27-21-16-14-18(15-17-21)8-7-13-22-23(28)25(19-9-3-1-4-10-19)26(24(22)29)20-11-5-2-6-12-20/h1-17,27H/b8-7+. The zero-order chi connectivity index (χ0) is 20.2. The van der Waals surface area contributed by atoms with Gasteiger partial charge in [-0.2, -0.15) is 0 Å². The maximum atomic E-state index is 13.1. The Hall–Kier alpha value is -4.12. The molecule has 142 valence electrons. The number of anilines is 2. The normalized spacial score (nSPS) is 14.1. The Kier molecular flexibility index (Phi) is 4.95. The predicted molar refractivity (Wildman–Crippen MR) is 113 cm³/mol. The van der Waals surface area contributed by atoms with Gasteiger partial charge in [0.1, 0.15) is 11.3 Å². The molecule has 0 aliphatic carbocycles. The number of benzene rings is 3. The van der Waals surface area contributed by atoms with Crippen LogP contribution in [0.2, 0.25) is 0 Å². The van der Waals surface area contributed by atoms with Crippen LogP contribution in [0.25, 0.3) is 6.08 Å². The highest BCUT2D eigenvalue weighted by atomic mass is 16.3.